The minimum Gasteiger partial charge on any atom is -0.269 e. The maximum absolute atomic E-state index is 12.5. The van der Waals surface area contributed by atoms with Crippen molar-refractivity contribution in [2.24, 2.45) is 0 Å². The van der Waals surface area contributed by atoms with Gasteiger partial charge in [0.1, 0.15) is 5.65 Å². The van der Waals surface area contributed by atoms with E-state index in [0.717, 1.165) is 22.5 Å². The second-order valence-corrected chi connectivity index (χ2v) is 5.14. The molecule has 0 bridgehead atoms. The maximum Gasteiger partial charge on any atom is 0.261 e. The normalized spacial score (nSPS) is 10.9. The largest absolute Gasteiger partial charge is 0.269 e. The van der Waals surface area contributed by atoms with Crippen molar-refractivity contribution in [2.75, 3.05) is 0 Å². The predicted molar refractivity (Wildman–Crippen MR) is 81.1 cm³/mol. The van der Waals surface area contributed by atoms with Crippen LogP contribution in [0.1, 0.15) is 16.7 Å². The third-order valence-corrected chi connectivity index (χ3v) is 3.60. The van der Waals surface area contributed by atoms with Crippen LogP contribution in [0.5, 0.6) is 0 Å². The van der Waals surface area contributed by atoms with Crippen molar-refractivity contribution < 1.29 is 0 Å². The molecule has 2 aromatic heterocycles. The topological polar surface area (TPSA) is 34.4 Å². The molecule has 20 heavy (non-hydrogen) atoms. The fraction of sp³-hybridized carbons (Fsp3) is 0.176. The van der Waals surface area contributed by atoms with Crippen LogP contribution in [0.25, 0.3) is 16.9 Å². The van der Waals surface area contributed by atoms with Gasteiger partial charge in [0, 0.05) is 17.3 Å². The summed E-state index contributed by atoms with van der Waals surface area (Å²) in [6, 6.07) is 11.9. The van der Waals surface area contributed by atoms with Gasteiger partial charge in [-0.3, -0.25) is 9.20 Å². The molecule has 0 saturated heterocycles. The Morgan fingerprint density at radius 1 is 1.00 bits per heavy atom. The van der Waals surface area contributed by atoms with Gasteiger partial charge in [0.25, 0.3) is 5.56 Å². The van der Waals surface area contributed by atoms with Gasteiger partial charge in [-0.2, -0.15) is 0 Å². The van der Waals surface area contributed by atoms with Crippen molar-refractivity contribution in [3.05, 3.63) is 69.6 Å². The van der Waals surface area contributed by atoms with Crippen molar-refractivity contribution in [1.82, 2.24) is 9.38 Å². The van der Waals surface area contributed by atoms with Crippen molar-refractivity contribution in [3.8, 4) is 11.3 Å². The fourth-order valence-electron chi connectivity index (χ4n) is 2.38. The third-order valence-electron chi connectivity index (χ3n) is 3.60. The lowest BCUT2D eigenvalue weighted by Crippen LogP contribution is -2.19. The number of benzene rings is 1. The van der Waals surface area contributed by atoms with E-state index in [-0.39, 0.29) is 5.56 Å². The van der Waals surface area contributed by atoms with E-state index in [4.69, 9.17) is 4.98 Å². The molecule has 3 heteroatoms. The Bertz CT molecular complexity index is 845. The zero-order valence-corrected chi connectivity index (χ0v) is 11.8. The Morgan fingerprint density at radius 2 is 1.70 bits per heavy atom. The van der Waals surface area contributed by atoms with Gasteiger partial charge in [0.15, 0.2) is 0 Å². The first-order valence-corrected chi connectivity index (χ1v) is 6.63. The molecule has 0 aliphatic heterocycles. The first-order chi connectivity index (χ1) is 9.58. The lowest BCUT2D eigenvalue weighted by molar-refractivity contribution is 1.01. The molecule has 0 radical (unpaired) electrons. The molecule has 0 spiro atoms. The molecule has 0 N–H and O–H groups in total. The molecular formula is C17H16N2O. The first-order valence-electron chi connectivity index (χ1n) is 6.63. The van der Waals surface area contributed by atoms with Gasteiger partial charge < -0.3 is 0 Å². The highest BCUT2D eigenvalue weighted by Gasteiger charge is 2.11. The monoisotopic (exact) mass is 264 g/mol. The SMILES string of the molecule is Cc1ccc(-c2nc3c(C)cccn3c(=O)c2C)cc1. The average Bonchev–Trinajstić information content (AvgIpc) is 2.45. The molecule has 0 amide bonds. The van der Waals surface area contributed by atoms with E-state index in [1.165, 1.54) is 5.56 Å². The van der Waals surface area contributed by atoms with Gasteiger partial charge in [0.2, 0.25) is 0 Å². The summed E-state index contributed by atoms with van der Waals surface area (Å²) in [6.07, 6.45) is 1.77. The molecule has 0 atom stereocenters. The summed E-state index contributed by atoms with van der Waals surface area (Å²) in [6.45, 7) is 5.85. The number of nitrogens with zero attached hydrogens (tertiary/aromatic N) is 2. The number of fused-ring (bicyclic) bond motifs is 1. The zero-order chi connectivity index (χ0) is 14.3. The number of hydrogen-bond donors (Lipinski definition) is 0. The smallest absolute Gasteiger partial charge is 0.261 e. The summed E-state index contributed by atoms with van der Waals surface area (Å²) in [4.78, 5) is 17.2. The molecule has 3 rings (SSSR count). The molecule has 2 heterocycles. The van der Waals surface area contributed by atoms with Crippen LogP contribution < -0.4 is 5.56 Å². The van der Waals surface area contributed by atoms with Crippen molar-refractivity contribution in [3.63, 3.8) is 0 Å². The second kappa shape index (κ2) is 4.60. The molecule has 100 valence electrons. The number of aromatic nitrogens is 2. The van der Waals surface area contributed by atoms with Crippen LogP contribution in [0.3, 0.4) is 0 Å². The van der Waals surface area contributed by atoms with Crippen LogP contribution in [0.2, 0.25) is 0 Å². The van der Waals surface area contributed by atoms with Gasteiger partial charge in [-0.1, -0.05) is 35.9 Å². The van der Waals surface area contributed by atoms with Crippen molar-refractivity contribution in [1.29, 1.82) is 0 Å². The molecule has 0 fully saturated rings. The minimum atomic E-state index is -0.00530. The van der Waals surface area contributed by atoms with Crippen LogP contribution in [-0.2, 0) is 0 Å². The van der Waals surface area contributed by atoms with Crippen LogP contribution in [0.15, 0.2) is 47.4 Å². The Hall–Kier alpha value is -2.42. The number of aryl methyl sites for hydroxylation is 2. The molecule has 3 nitrogen and oxygen atoms in total. The molecule has 3 aromatic rings. The highest BCUT2D eigenvalue weighted by molar-refractivity contribution is 5.66. The lowest BCUT2D eigenvalue weighted by Gasteiger charge is -2.09. The zero-order valence-electron chi connectivity index (χ0n) is 11.8. The minimum absolute atomic E-state index is 0.00530. The summed E-state index contributed by atoms with van der Waals surface area (Å²) in [5.74, 6) is 0. The highest BCUT2D eigenvalue weighted by Crippen LogP contribution is 2.21. The van der Waals surface area contributed by atoms with E-state index < -0.39 is 0 Å². The van der Waals surface area contributed by atoms with Crippen LogP contribution in [0, 0.1) is 20.8 Å². The molecule has 0 saturated carbocycles. The van der Waals surface area contributed by atoms with E-state index in [9.17, 15) is 4.79 Å². The molecule has 0 unspecified atom stereocenters. The van der Waals surface area contributed by atoms with Crippen LogP contribution in [-0.4, -0.2) is 9.38 Å². The van der Waals surface area contributed by atoms with E-state index in [1.54, 1.807) is 10.6 Å². The van der Waals surface area contributed by atoms with E-state index in [0.29, 0.717) is 5.56 Å². The van der Waals surface area contributed by atoms with Crippen LogP contribution >= 0.6 is 0 Å². The summed E-state index contributed by atoms with van der Waals surface area (Å²) >= 11 is 0. The standard InChI is InChI=1S/C17H16N2O/c1-11-6-8-14(9-7-11)15-13(3)17(20)19-10-4-5-12(2)16(19)18-15/h4-10H,1-3H3. The van der Waals surface area contributed by atoms with Crippen molar-refractivity contribution in [2.45, 2.75) is 20.8 Å². The fourth-order valence-corrected chi connectivity index (χ4v) is 2.38. The first kappa shape index (κ1) is 12.6. The van der Waals surface area contributed by atoms with Gasteiger partial charge in [0.05, 0.1) is 5.69 Å². The molecule has 1 aromatic carbocycles. The average molecular weight is 264 g/mol. The van der Waals surface area contributed by atoms with E-state index in [1.807, 2.05) is 57.2 Å². The summed E-state index contributed by atoms with van der Waals surface area (Å²) in [5, 5.41) is 0. The number of pyridine rings is 1. The Morgan fingerprint density at radius 3 is 2.40 bits per heavy atom. The summed E-state index contributed by atoms with van der Waals surface area (Å²) < 4.78 is 1.61. The predicted octanol–water partition coefficient (Wildman–Crippen LogP) is 3.29. The number of hydrogen-bond acceptors (Lipinski definition) is 2. The Kier molecular flexibility index (Phi) is 2.90. The highest BCUT2D eigenvalue weighted by atomic mass is 16.1. The summed E-state index contributed by atoms with van der Waals surface area (Å²) in [5.41, 5.74) is 5.34. The van der Waals surface area contributed by atoms with Gasteiger partial charge in [-0.05, 0) is 32.4 Å². The van der Waals surface area contributed by atoms with Crippen molar-refractivity contribution >= 4 is 5.65 Å². The second-order valence-electron chi connectivity index (χ2n) is 5.14. The maximum atomic E-state index is 12.5. The lowest BCUT2D eigenvalue weighted by atomic mass is 10.1. The van der Waals surface area contributed by atoms with Gasteiger partial charge in [-0.15, -0.1) is 0 Å². The van der Waals surface area contributed by atoms with Gasteiger partial charge >= 0.3 is 0 Å². The van der Waals surface area contributed by atoms with Gasteiger partial charge in [-0.25, -0.2) is 4.98 Å². The summed E-state index contributed by atoms with van der Waals surface area (Å²) in [7, 11) is 0. The number of rotatable bonds is 1. The quantitative estimate of drug-likeness (QED) is 0.676. The van der Waals surface area contributed by atoms with E-state index in [2.05, 4.69) is 0 Å². The molecule has 0 aliphatic carbocycles. The Balaban J connectivity index is 2.37. The third kappa shape index (κ3) is 1.92. The van der Waals surface area contributed by atoms with Crippen LogP contribution in [0.4, 0.5) is 0 Å². The molecular weight excluding hydrogens is 248 g/mol. The molecule has 0 aliphatic rings. The van der Waals surface area contributed by atoms with E-state index >= 15 is 0 Å². The Labute approximate surface area is 117 Å².